The van der Waals surface area contributed by atoms with Crippen LogP contribution >= 0.6 is 0 Å². The lowest BCUT2D eigenvalue weighted by molar-refractivity contribution is -0.141. The van der Waals surface area contributed by atoms with Crippen LogP contribution < -0.4 is 5.32 Å². The molecular formula is C18H24F3N3O3S. The first kappa shape index (κ1) is 20.1. The van der Waals surface area contributed by atoms with Crippen molar-refractivity contribution >= 4 is 10.0 Å². The minimum atomic E-state index is -4.60. The molecule has 10 heteroatoms. The molecule has 2 unspecified atom stereocenters. The van der Waals surface area contributed by atoms with Crippen LogP contribution in [-0.4, -0.2) is 54.6 Å². The van der Waals surface area contributed by atoms with E-state index in [4.69, 9.17) is 0 Å². The van der Waals surface area contributed by atoms with Crippen molar-refractivity contribution < 1.29 is 26.7 Å². The Balaban J connectivity index is 1.42. The summed E-state index contributed by atoms with van der Waals surface area (Å²) < 4.78 is 65.5. The molecule has 2 atom stereocenters. The number of rotatable bonds is 3. The standard InChI is InChI=1S/C18H24F3N3O3S/c1-11-14(2-3-15(23-11)18(19,20)21)28(26,27)24-6-4-17(5-7-24)8-12(9-17)16-13(25)10-22-16/h2-3,12-13,16,22,25H,4-10H2,1H3. The largest absolute Gasteiger partial charge is 0.433 e. The first-order valence-electron chi connectivity index (χ1n) is 9.48. The Morgan fingerprint density at radius 2 is 1.89 bits per heavy atom. The topological polar surface area (TPSA) is 82.5 Å². The van der Waals surface area contributed by atoms with Crippen LogP contribution in [0.1, 0.15) is 37.1 Å². The fourth-order valence-corrected chi connectivity index (χ4v) is 6.47. The quantitative estimate of drug-likeness (QED) is 0.782. The minimum absolute atomic E-state index is 0.126. The molecule has 2 saturated heterocycles. The number of aryl methyl sites for hydroxylation is 1. The van der Waals surface area contributed by atoms with Crippen molar-refractivity contribution in [1.82, 2.24) is 14.6 Å². The maximum atomic E-state index is 12.9. The highest BCUT2D eigenvalue weighted by Crippen LogP contribution is 2.55. The summed E-state index contributed by atoms with van der Waals surface area (Å²) in [6.45, 7) is 2.65. The lowest BCUT2D eigenvalue weighted by Gasteiger charge is -2.56. The molecule has 2 aliphatic heterocycles. The fraction of sp³-hybridized carbons (Fsp3) is 0.722. The summed E-state index contributed by atoms with van der Waals surface area (Å²) in [6.07, 6.45) is -1.45. The summed E-state index contributed by atoms with van der Waals surface area (Å²) in [5.41, 5.74) is -1.10. The van der Waals surface area contributed by atoms with Crippen LogP contribution in [-0.2, 0) is 16.2 Å². The zero-order valence-electron chi connectivity index (χ0n) is 15.5. The Labute approximate surface area is 162 Å². The fourth-order valence-electron chi connectivity index (χ4n) is 4.87. The van der Waals surface area contributed by atoms with Crippen molar-refractivity contribution in [3.63, 3.8) is 0 Å². The Morgan fingerprint density at radius 3 is 2.36 bits per heavy atom. The van der Waals surface area contributed by atoms with Gasteiger partial charge in [-0.1, -0.05) is 0 Å². The van der Waals surface area contributed by atoms with Crippen LogP contribution in [0.5, 0.6) is 0 Å². The molecule has 3 heterocycles. The summed E-state index contributed by atoms with van der Waals surface area (Å²) in [5.74, 6) is 0.438. The number of sulfonamides is 1. The molecule has 4 rings (SSSR count). The van der Waals surface area contributed by atoms with E-state index in [2.05, 4.69) is 10.3 Å². The highest BCUT2D eigenvalue weighted by Gasteiger charge is 2.52. The van der Waals surface area contributed by atoms with Gasteiger partial charge in [-0.05, 0) is 56.1 Å². The molecule has 1 aromatic rings. The second kappa shape index (κ2) is 6.65. The smallest absolute Gasteiger partial charge is 0.390 e. The van der Waals surface area contributed by atoms with E-state index >= 15 is 0 Å². The van der Waals surface area contributed by atoms with Gasteiger partial charge in [-0.2, -0.15) is 17.5 Å². The van der Waals surface area contributed by atoms with Crippen molar-refractivity contribution in [1.29, 1.82) is 0 Å². The van der Waals surface area contributed by atoms with E-state index in [-0.39, 0.29) is 28.2 Å². The van der Waals surface area contributed by atoms with E-state index in [1.165, 1.54) is 11.2 Å². The molecule has 1 aromatic heterocycles. The second-order valence-electron chi connectivity index (χ2n) is 8.35. The second-order valence-corrected chi connectivity index (χ2v) is 10.3. The minimum Gasteiger partial charge on any atom is -0.390 e. The van der Waals surface area contributed by atoms with E-state index in [9.17, 15) is 26.7 Å². The predicted molar refractivity (Wildman–Crippen MR) is 94.9 cm³/mol. The number of aromatic nitrogens is 1. The van der Waals surface area contributed by atoms with E-state index in [1.807, 2.05) is 0 Å². The third kappa shape index (κ3) is 3.34. The predicted octanol–water partition coefficient (Wildman–Crippen LogP) is 1.92. The molecule has 1 aliphatic carbocycles. The van der Waals surface area contributed by atoms with Crippen LogP contribution in [0.3, 0.4) is 0 Å². The normalized spacial score (nSPS) is 28.8. The summed E-state index contributed by atoms with van der Waals surface area (Å²) in [5, 5.41) is 13.0. The number of nitrogens with one attached hydrogen (secondary N) is 1. The number of nitrogens with zero attached hydrogens (tertiary/aromatic N) is 2. The van der Waals surface area contributed by atoms with Crippen LogP contribution in [0, 0.1) is 18.3 Å². The van der Waals surface area contributed by atoms with Crippen molar-refractivity contribution in [2.75, 3.05) is 19.6 Å². The first-order chi connectivity index (χ1) is 13.0. The molecule has 3 aliphatic rings. The molecule has 0 radical (unpaired) electrons. The average Bonchev–Trinajstić information content (AvgIpc) is 2.58. The van der Waals surface area contributed by atoms with Gasteiger partial charge in [0.2, 0.25) is 10.0 Å². The Hall–Kier alpha value is -1.23. The van der Waals surface area contributed by atoms with Crippen molar-refractivity contribution in [2.45, 2.75) is 55.8 Å². The monoisotopic (exact) mass is 419 g/mol. The van der Waals surface area contributed by atoms with Gasteiger partial charge >= 0.3 is 6.18 Å². The lowest BCUT2D eigenvalue weighted by Crippen LogP contribution is -2.65. The van der Waals surface area contributed by atoms with Crippen LogP contribution in [0.15, 0.2) is 17.0 Å². The number of aliphatic hydroxyl groups is 1. The van der Waals surface area contributed by atoms with Gasteiger partial charge < -0.3 is 10.4 Å². The zero-order valence-corrected chi connectivity index (χ0v) is 16.4. The zero-order chi connectivity index (χ0) is 20.3. The van der Waals surface area contributed by atoms with Gasteiger partial charge in [-0.3, -0.25) is 0 Å². The Kier molecular flexibility index (Phi) is 4.76. The lowest BCUT2D eigenvalue weighted by atomic mass is 9.54. The molecule has 0 aromatic carbocycles. The average molecular weight is 419 g/mol. The number of hydrogen-bond donors (Lipinski definition) is 2. The van der Waals surface area contributed by atoms with Gasteiger partial charge in [0, 0.05) is 25.7 Å². The first-order valence-corrected chi connectivity index (χ1v) is 10.9. The molecule has 6 nitrogen and oxygen atoms in total. The third-order valence-corrected chi connectivity index (χ3v) is 8.64. The summed E-state index contributed by atoms with van der Waals surface area (Å²) >= 11 is 0. The van der Waals surface area contributed by atoms with E-state index < -0.39 is 21.9 Å². The molecule has 0 amide bonds. The highest BCUT2D eigenvalue weighted by molar-refractivity contribution is 7.89. The van der Waals surface area contributed by atoms with Gasteiger partial charge in [0.25, 0.3) is 0 Å². The van der Waals surface area contributed by atoms with Crippen LogP contribution in [0.25, 0.3) is 0 Å². The van der Waals surface area contributed by atoms with Crippen molar-refractivity contribution in [3.05, 3.63) is 23.5 Å². The molecule has 3 fully saturated rings. The molecule has 156 valence electrons. The van der Waals surface area contributed by atoms with Gasteiger partial charge in [0.15, 0.2) is 0 Å². The Morgan fingerprint density at radius 1 is 1.25 bits per heavy atom. The number of alkyl halides is 3. The SMILES string of the molecule is Cc1nc(C(F)(F)F)ccc1S(=O)(=O)N1CCC2(CC1)CC(C1NCC1O)C2. The van der Waals surface area contributed by atoms with Gasteiger partial charge in [0.1, 0.15) is 10.6 Å². The van der Waals surface area contributed by atoms with E-state index in [1.54, 1.807) is 0 Å². The highest BCUT2D eigenvalue weighted by atomic mass is 32.2. The van der Waals surface area contributed by atoms with E-state index in [0.29, 0.717) is 25.6 Å². The number of aliphatic hydroxyl groups excluding tert-OH is 1. The summed E-state index contributed by atoms with van der Waals surface area (Å²) in [4.78, 5) is 3.29. The molecule has 28 heavy (non-hydrogen) atoms. The number of hydrogen-bond acceptors (Lipinski definition) is 5. The van der Waals surface area contributed by atoms with Gasteiger partial charge in [-0.25, -0.2) is 13.4 Å². The maximum absolute atomic E-state index is 12.9. The third-order valence-electron chi connectivity index (χ3n) is 6.60. The summed E-state index contributed by atoms with van der Waals surface area (Å²) in [6, 6.07) is 1.89. The molecular weight excluding hydrogens is 395 g/mol. The molecule has 2 N–H and O–H groups in total. The van der Waals surface area contributed by atoms with Gasteiger partial charge in [0.05, 0.1) is 11.8 Å². The number of pyridine rings is 1. The van der Waals surface area contributed by atoms with Crippen molar-refractivity contribution in [2.24, 2.45) is 11.3 Å². The van der Waals surface area contributed by atoms with Crippen LogP contribution in [0.2, 0.25) is 0 Å². The van der Waals surface area contributed by atoms with Gasteiger partial charge in [-0.15, -0.1) is 0 Å². The van der Waals surface area contributed by atoms with E-state index in [0.717, 1.165) is 37.8 Å². The van der Waals surface area contributed by atoms with Crippen LogP contribution in [0.4, 0.5) is 13.2 Å². The number of β-amino-alcohol motifs (C(OH)–C–C–N with tert-alkyl or cyclic N) is 1. The number of piperidine rings is 1. The number of halogens is 3. The maximum Gasteiger partial charge on any atom is 0.433 e. The summed E-state index contributed by atoms with van der Waals surface area (Å²) in [7, 11) is -3.87. The molecule has 1 saturated carbocycles. The van der Waals surface area contributed by atoms with Crippen molar-refractivity contribution in [3.8, 4) is 0 Å². The molecule has 0 bridgehead atoms. The molecule has 1 spiro atoms. The Bertz CT molecular complexity index is 859.